The predicted octanol–water partition coefficient (Wildman–Crippen LogP) is 5.80. The van der Waals surface area contributed by atoms with Gasteiger partial charge in [0.15, 0.2) is 0 Å². The van der Waals surface area contributed by atoms with Crippen LogP contribution in [0.25, 0.3) is 0 Å². The average Bonchev–Trinajstić information content (AvgIpc) is 3.41. The number of nitrogens with zero attached hydrogens (tertiary/aromatic N) is 3. The molecule has 1 aliphatic carbocycles. The summed E-state index contributed by atoms with van der Waals surface area (Å²) in [6.45, 7) is 0.188. The topological polar surface area (TPSA) is 96.5 Å². The lowest BCUT2D eigenvalue weighted by Crippen LogP contribution is -2.27. The molecule has 0 bridgehead atoms. The molecule has 1 aromatic heterocycles. The van der Waals surface area contributed by atoms with Crippen molar-refractivity contribution in [2.75, 3.05) is 31.4 Å². The second-order valence-corrected chi connectivity index (χ2v) is 12.8. The molecule has 2 heterocycles. The van der Waals surface area contributed by atoms with Crippen molar-refractivity contribution < 1.29 is 22.0 Å². The van der Waals surface area contributed by atoms with Crippen LogP contribution < -0.4 is 10.1 Å². The number of amidine groups is 1. The SMILES string of the molecule is CN(C)C(CS(C)(=O)=O)c1ccc(C2C=CC3N=CN=C(Nc4ccc(OCc5cccc(F)c5)c(Cl)c4)C3=C2)o1. The number of sulfone groups is 1. The van der Waals surface area contributed by atoms with E-state index in [4.69, 9.17) is 20.8 Å². The Morgan fingerprint density at radius 2 is 1.98 bits per heavy atom. The molecule has 41 heavy (non-hydrogen) atoms. The van der Waals surface area contributed by atoms with Gasteiger partial charge in [-0.1, -0.05) is 42.0 Å². The molecule has 1 N–H and O–H groups in total. The van der Waals surface area contributed by atoms with E-state index in [9.17, 15) is 12.8 Å². The Balaban J connectivity index is 1.31. The Kier molecular flexibility index (Phi) is 8.44. The van der Waals surface area contributed by atoms with Gasteiger partial charge in [-0.2, -0.15) is 0 Å². The van der Waals surface area contributed by atoms with E-state index >= 15 is 0 Å². The maximum atomic E-state index is 13.5. The number of benzene rings is 2. The summed E-state index contributed by atoms with van der Waals surface area (Å²) in [6.07, 6.45) is 8.78. The summed E-state index contributed by atoms with van der Waals surface area (Å²) in [6, 6.07) is 14.6. The highest BCUT2D eigenvalue weighted by molar-refractivity contribution is 7.90. The summed E-state index contributed by atoms with van der Waals surface area (Å²) in [7, 11) is 0.450. The Morgan fingerprint density at radius 1 is 1.15 bits per heavy atom. The number of rotatable bonds is 9. The molecular formula is C30H30ClFN4O4S. The minimum Gasteiger partial charge on any atom is -0.487 e. The number of ether oxygens (including phenoxy) is 1. The van der Waals surface area contributed by atoms with E-state index < -0.39 is 15.9 Å². The highest BCUT2D eigenvalue weighted by Gasteiger charge is 2.28. The highest BCUT2D eigenvalue weighted by atomic mass is 35.5. The molecule has 11 heteroatoms. The second-order valence-electron chi connectivity index (χ2n) is 10.2. The van der Waals surface area contributed by atoms with Gasteiger partial charge in [0.1, 0.15) is 51.7 Å². The molecule has 3 unspecified atom stereocenters. The van der Waals surface area contributed by atoms with Gasteiger partial charge in [0.25, 0.3) is 0 Å². The highest BCUT2D eigenvalue weighted by Crippen LogP contribution is 2.34. The monoisotopic (exact) mass is 596 g/mol. The molecule has 3 aromatic rings. The van der Waals surface area contributed by atoms with Crippen LogP contribution in [0.2, 0.25) is 5.02 Å². The van der Waals surface area contributed by atoms with Crippen LogP contribution in [0.1, 0.15) is 29.0 Å². The summed E-state index contributed by atoms with van der Waals surface area (Å²) >= 11 is 6.49. The summed E-state index contributed by atoms with van der Waals surface area (Å²) < 4.78 is 49.3. The van der Waals surface area contributed by atoms with E-state index in [0.717, 1.165) is 5.57 Å². The van der Waals surface area contributed by atoms with E-state index in [1.54, 1.807) is 24.3 Å². The Bertz CT molecular complexity index is 1660. The van der Waals surface area contributed by atoms with Gasteiger partial charge < -0.3 is 14.5 Å². The Hall–Kier alpha value is -3.73. The number of anilines is 1. The molecule has 5 rings (SSSR count). The van der Waals surface area contributed by atoms with Crippen molar-refractivity contribution in [3.05, 3.63) is 106 Å². The average molecular weight is 597 g/mol. The zero-order valence-electron chi connectivity index (χ0n) is 22.8. The fourth-order valence-electron chi connectivity index (χ4n) is 4.66. The fraction of sp³-hybridized carbons (Fsp3) is 0.267. The number of hydrogen-bond donors (Lipinski definition) is 1. The molecule has 2 aliphatic rings. The van der Waals surface area contributed by atoms with Crippen molar-refractivity contribution in [3.8, 4) is 5.75 Å². The first-order valence-corrected chi connectivity index (χ1v) is 15.4. The lowest BCUT2D eigenvalue weighted by atomic mass is 9.91. The van der Waals surface area contributed by atoms with Crippen molar-refractivity contribution in [3.63, 3.8) is 0 Å². The second kappa shape index (κ2) is 12.0. The van der Waals surface area contributed by atoms with Crippen LogP contribution in [-0.2, 0) is 16.4 Å². The van der Waals surface area contributed by atoms with Crippen molar-refractivity contribution in [1.29, 1.82) is 0 Å². The number of aliphatic imine (C=N–C) groups is 2. The molecular weight excluding hydrogens is 567 g/mol. The van der Waals surface area contributed by atoms with Gasteiger partial charge in [0.05, 0.1) is 28.8 Å². The van der Waals surface area contributed by atoms with Crippen LogP contribution >= 0.6 is 11.6 Å². The number of fused-ring (bicyclic) bond motifs is 1. The lowest BCUT2D eigenvalue weighted by Gasteiger charge is -2.25. The first kappa shape index (κ1) is 28.8. The lowest BCUT2D eigenvalue weighted by molar-refractivity contribution is 0.273. The van der Waals surface area contributed by atoms with Crippen molar-refractivity contribution >= 4 is 39.3 Å². The maximum absolute atomic E-state index is 13.5. The molecule has 0 amide bonds. The van der Waals surface area contributed by atoms with Crippen LogP contribution in [0, 0.1) is 5.82 Å². The van der Waals surface area contributed by atoms with E-state index in [1.807, 2.05) is 55.4 Å². The fourth-order valence-corrected chi connectivity index (χ4v) is 5.93. The summed E-state index contributed by atoms with van der Waals surface area (Å²) in [4.78, 5) is 10.8. The standard InChI is InChI=1S/C30H30ClFN4O4S/c1-36(2)26(17-41(3,37)38)29-12-11-27(40-29)20-7-9-25-23(14-20)30(34-18-33-25)35-22-8-10-28(24(31)15-22)39-16-19-5-4-6-21(32)13-19/h4-15,18,20,25-26H,16-17H2,1-3H3,(H,33,34,35). The van der Waals surface area contributed by atoms with Crippen LogP contribution in [-0.4, -0.2) is 57.6 Å². The van der Waals surface area contributed by atoms with Crippen molar-refractivity contribution in [1.82, 2.24) is 4.90 Å². The van der Waals surface area contributed by atoms with Gasteiger partial charge in [0.2, 0.25) is 0 Å². The molecule has 1 aliphatic heterocycles. The Morgan fingerprint density at radius 3 is 2.71 bits per heavy atom. The largest absolute Gasteiger partial charge is 0.487 e. The smallest absolute Gasteiger partial charge is 0.149 e. The zero-order valence-corrected chi connectivity index (χ0v) is 24.4. The minimum atomic E-state index is -3.21. The van der Waals surface area contributed by atoms with Crippen LogP contribution in [0.5, 0.6) is 5.75 Å². The first-order chi connectivity index (χ1) is 19.6. The number of furan rings is 1. The van der Waals surface area contributed by atoms with Gasteiger partial charge in [0, 0.05) is 17.5 Å². The normalized spacial score (nSPS) is 19.0. The summed E-state index contributed by atoms with van der Waals surface area (Å²) in [5, 5.41) is 3.73. The van der Waals surface area contributed by atoms with Gasteiger partial charge in [-0.05, 0) is 62.1 Å². The number of allylic oxidation sites excluding steroid dienone is 2. The van der Waals surface area contributed by atoms with Gasteiger partial charge in [-0.25, -0.2) is 17.8 Å². The molecule has 214 valence electrons. The van der Waals surface area contributed by atoms with E-state index in [1.165, 1.54) is 24.7 Å². The maximum Gasteiger partial charge on any atom is 0.149 e. The van der Waals surface area contributed by atoms with E-state index in [-0.39, 0.29) is 30.1 Å². The van der Waals surface area contributed by atoms with E-state index in [2.05, 4.69) is 15.3 Å². The number of nitrogens with one attached hydrogen (secondary N) is 1. The molecule has 0 radical (unpaired) electrons. The third kappa shape index (κ3) is 7.13. The molecule has 8 nitrogen and oxygen atoms in total. The van der Waals surface area contributed by atoms with Crippen LogP contribution in [0.15, 0.2) is 92.8 Å². The van der Waals surface area contributed by atoms with Crippen LogP contribution in [0.3, 0.4) is 0 Å². The molecule has 2 aromatic carbocycles. The molecule has 0 fully saturated rings. The van der Waals surface area contributed by atoms with Crippen molar-refractivity contribution in [2.24, 2.45) is 9.98 Å². The molecule has 3 atom stereocenters. The zero-order chi connectivity index (χ0) is 29.1. The van der Waals surface area contributed by atoms with Crippen LogP contribution in [0.4, 0.5) is 10.1 Å². The Labute approximate surface area is 243 Å². The molecule has 0 saturated carbocycles. The first-order valence-electron chi connectivity index (χ1n) is 12.9. The third-order valence-electron chi connectivity index (χ3n) is 6.73. The van der Waals surface area contributed by atoms with E-state index in [0.29, 0.717) is 39.4 Å². The van der Waals surface area contributed by atoms with Gasteiger partial charge in [-0.15, -0.1) is 0 Å². The van der Waals surface area contributed by atoms with Gasteiger partial charge >= 0.3 is 0 Å². The minimum absolute atomic E-state index is 0.0384. The number of halogens is 2. The quantitative estimate of drug-likeness (QED) is 0.314. The summed E-state index contributed by atoms with van der Waals surface area (Å²) in [5.41, 5.74) is 2.29. The van der Waals surface area contributed by atoms with Crippen molar-refractivity contribution in [2.45, 2.75) is 24.6 Å². The predicted molar refractivity (Wildman–Crippen MR) is 160 cm³/mol. The molecule has 0 spiro atoms. The van der Waals surface area contributed by atoms with Gasteiger partial charge in [-0.3, -0.25) is 9.89 Å². The molecule has 0 saturated heterocycles. The number of hydrogen-bond acceptors (Lipinski definition) is 8. The third-order valence-corrected chi connectivity index (χ3v) is 7.95. The summed E-state index contributed by atoms with van der Waals surface area (Å²) in [5.74, 6) is 1.85.